The molecule has 2 rings (SSSR count). The lowest BCUT2D eigenvalue weighted by Gasteiger charge is -2.05. The second-order valence-corrected chi connectivity index (χ2v) is 5.97. The summed E-state index contributed by atoms with van der Waals surface area (Å²) in [5.74, 6) is 0. The van der Waals surface area contributed by atoms with Gasteiger partial charge in [-0.05, 0) is 24.5 Å². The first kappa shape index (κ1) is 17.0. The molecule has 0 spiro atoms. The molecule has 0 aliphatic heterocycles. The van der Waals surface area contributed by atoms with E-state index in [2.05, 4.69) is 47.9 Å². The molecule has 0 saturated carbocycles. The van der Waals surface area contributed by atoms with Crippen molar-refractivity contribution >= 4 is 10.9 Å². The number of para-hydroxylation sites is 1. The van der Waals surface area contributed by atoms with E-state index in [1.807, 2.05) is 0 Å². The van der Waals surface area contributed by atoms with Gasteiger partial charge >= 0.3 is 0 Å². The Morgan fingerprint density at radius 1 is 1.00 bits per heavy atom. The van der Waals surface area contributed by atoms with Gasteiger partial charge in [-0.2, -0.15) is 0 Å². The van der Waals surface area contributed by atoms with Crippen molar-refractivity contribution in [3.05, 3.63) is 36.0 Å². The largest absolute Gasteiger partial charge is 0.361 e. The van der Waals surface area contributed by atoms with Crippen molar-refractivity contribution in [1.29, 1.82) is 0 Å². The van der Waals surface area contributed by atoms with E-state index in [9.17, 15) is 0 Å². The van der Waals surface area contributed by atoms with Gasteiger partial charge in [0.15, 0.2) is 0 Å². The Balaban J connectivity index is 1.48. The van der Waals surface area contributed by atoms with Gasteiger partial charge in [0.1, 0.15) is 0 Å². The van der Waals surface area contributed by atoms with Crippen LogP contribution in [0.2, 0.25) is 0 Å². The van der Waals surface area contributed by atoms with E-state index in [1.54, 1.807) is 0 Å². The summed E-state index contributed by atoms with van der Waals surface area (Å²) in [5.41, 5.74) is 5.65. The maximum atomic E-state index is 5.51. The molecule has 1 heterocycles. The van der Waals surface area contributed by atoms with Crippen LogP contribution < -0.4 is 5.48 Å². The molecule has 0 aliphatic rings. The smallest absolute Gasteiger partial charge is 0.0682 e. The standard InChI is InChI=1S/C19H30N2O/c1-2-3-4-5-6-7-10-15-22-21-14-13-17-16-20-19-12-9-8-11-18(17)19/h8-9,11-12,16,20-21H,2-7,10,13-15H2,1H3. The molecule has 122 valence electrons. The van der Waals surface area contributed by atoms with Crippen LogP contribution >= 0.6 is 0 Å². The monoisotopic (exact) mass is 302 g/mol. The zero-order valence-electron chi connectivity index (χ0n) is 13.9. The number of nitrogens with one attached hydrogen (secondary N) is 2. The first-order chi connectivity index (χ1) is 10.9. The zero-order chi connectivity index (χ0) is 15.5. The molecule has 22 heavy (non-hydrogen) atoms. The van der Waals surface area contributed by atoms with E-state index in [1.165, 1.54) is 55.0 Å². The molecular weight excluding hydrogens is 272 g/mol. The second kappa shape index (κ2) is 10.4. The summed E-state index contributed by atoms with van der Waals surface area (Å²) in [6, 6.07) is 8.43. The van der Waals surface area contributed by atoms with E-state index in [-0.39, 0.29) is 0 Å². The molecule has 0 amide bonds. The van der Waals surface area contributed by atoms with Crippen molar-refractivity contribution in [2.75, 3.05) is 13.2 Å². The van der Waals surface area contributed by atoms with Crippen molar-refractivity contribution in [1.82, 2.24) is 10.5 Å². The number of rotatable bonds is 12. The highest BCUT2D eigenvalue weighted by atomic mass is 16.6. The number of fused-ring (bicyclic) bond motifs is 1. The van der Waals surface area contributed by atoms with Crippen LogP contribution in [0.4, 0.5) is 0 Å². The van der Waals surface area contributed by atoms with E-state index in [0.29, 0.717) is 0 Å². The third kappa shape index (κ3) is 5.82. The summed E-state index contributed by atoms with van der Waals surface area (Å²) >= 11 is 0. The summed E-state index contributed by atoms with van der Waals surface area (Å²) in [5, 5.41) is 1.32. The van der Waals surface area contributed by atoms with Crippen LogP contribution in [0, 0.1) is 0 Å². The van der Waals surface area contributed by atoms with Gasteiger partial charge in [-0.1, -0.05) is 63.6 Å². The molecule has 0 bridgehead atoms. The van der Waals surface area contributed by atoms with Crippen molar-refractivity contribution in [3.8, 4) is 0 Å². The van der Waals surface area contributed by atoms with E-state index < -0.39 is 0 Å². The van der Waals surface area contributed by atoms with Gasteiger partial charge in [0.25, 0.3) is 0 Å². The fourth-order valence-electron chi connectivity index (χ4n) is 2.80. The fraction of sp³-hybridized carbons (Fsp3) is 0.579. The van der Waals surface area contributed by atoms with Crippen LogP contribution in [0.15, 0.2) is 30.5 Å². The minimum absolute atomic E-state index is 0.821. The highest BCUT2D eigenvalue weighted by Crippen LogP contribution is 2.17. The molecular formula is C19H30N2O. The van der Waals surface area contributed by atoms with Gasteiger partial charge in [0.05, 0.1) is 6.61 Å². The summed E-state index contributed by atoms with van der Waals surface area (Å²) in [6.07, 6.45) is 12.3. The quantitative estimate of drug-likeness (QED) is 0.428. The Kier molecular flexibility index (Phi) is 8.07. The molecule has 3 heteroatoms. The SMILES string of the molecule is CCCCCCCCCONCCc1c[nH]c2ccccc12. The van der Waals surface area contributed by atoms with Gasteiger partial charge in [-0.3, -0.25) is 0 Å². The minimum atomic E-state index is 0.821. The number of H-pyrrole nitrogens is 1. The van der Waals surface area contributed by atoms with Crippen molar-refractivity contribution < 1.29 is 4.84 Å². The summed E-state index contributed by atoms with van der Waals surface area (Å²) in [4.78, 5) is 8.82. The van der Waals surface area contributed by atoms with E-state index in [4.69, 9.17) is 4.84 Å². The normalized spacial score (nSPS) is 11.3. The van der Waals surface area contributed by atoms with Crippen LogP contribution in [-0.4, -0.2) is 18.1 Å². The van der Waals surface area contributed by atoms with Gasteiger partial charge < -0.3 is 9.82 Å². The number of hydrogen-bond donors (Lipinski definition) is 2. The summed E-state index contributed by atoms with van der Waals surface area (Å²) < 4.78 is 0. The van der Waals surface area contributed by atoms with E-state index in [0.717, 1.165) is 26.0 Å². The molecule has 0 saturated heterocycles. The average molecular weight is 302 g/mol. The van der Waals surface area contributed by atoms with Gasteiger partial charge in [-0.25, -0.2) is 5.48 Å². The lowest BCUT2D eigenvalue weighted by molar-refractivity contribution is 0.0393. The average Bonchev–Trinajstić information content (AvgIpc) is 2.96. The van der Waals surface area contributed by atoms with Gasteiger partial charge in [-0.15, -0.1) is 0 Å². The van der Waals surface area contributed by atoms with Crippen molar-refractivity contribution in [3.63, 3.8) is 0 Å². The first-order valence-corrected chi connectivity index (χ1v) is 8.81. The van der Waals surface area contributed by atoms with Crippen LogP contribution in [0.5, 0.6) is 0 Å². The summed E-state index contributed by atoms with van der Waals surface area (Å²) in [6.45, 7) is 3.94. The Hall–Kier alpha value is -1.32. The topological polar surface area (TPSA) is 37.0 Å². The van der Waals surface area contributed by atoms with Crippen molar-refractivity contribution in [2.24, 2.45) is 0 Å². The van der Waals surface area contributed by atoms with Crippen LogP contribution in [-0.2, 0) is 11.3 Å². The third-order valence-corrected chi connectivity index (χ3v) is 4.12. The lowest BCUT2D eigenvalue weighted by Crippen LogP contribution is -2.18. The molecule has 0 unspecified atom stereocenters. The Labute approximate surface area is 134 Å². The van der Waals surface area contributed by atoms with Gasteiger partial charge in [0, 0.05) is 23.6 Å². The van der Waals surface area contributed by atoms with Crippen molar-refractivity contribution in [2.45, 2.75) is 58.3 Å². The van der Waals surface area contributed by atoms with Crippen LogP contribution in [0.1, 0.15) is 57.4 Å². The molecule has 1 aromatic carbocycles. The lowest BCUT2D eigenvalue weighted by atomic mass is 10.1. The number of unbranched alkanes of at least 4 members (excludes halogenated alkanes) is 6. The number of hydroxylamine groups is 1. The molecule has 2 N–H and O–H groups in total. The predicted octanol–water partition coefficient (Wildman–Crippen LogP) is 4.98. The first-order valence-electron chi connectivity index (χ1n) is 8.81. The highest BCUT2D eigenvalue weighted by molar-refractivity contribution is 5.83. The van der Waals surface area contributed by atoms with E-state index >= 15 is 0 Å². The minimum Gasteiger partial charge on any atom is -0.361 e. The molecule has 3 nitrogen and oxygen atoms in total. The maximum Gasteiger partial charge on any atom is 0.0682 e. The highest BCUT2D eigenvalue weighted by Gasteiger charge is 2.01. The number of hydrogen-bond acceptors (Lipinski definition) is 2. The number of benzene rings is 1. The fourth-order valence-corrected chi connectivity index (χ4v) is 2.80. The zero-order valence-corrected chi connectivity index (χ0v) is 13.9. The number of aromatic nitrogens is 1. The predicted molar refractivity (Wildman–Crippen MR) is 94.0 cm³/mol. The molecule has 0 radical (unpaired) electrons. The Morgan fingerprint density at radius 3 is 2.64 bits per heavy atom. The Morgan fingerprint density at radius 2 is 1.77 bits per heavy atom. The third-order valence-electron chi connectivity index (χ3n) is 4.12. The number of aromatic amines is 1. The van der Waals surface area contributed by atoms with Gasteiger partial charge in [0.2, 0.25) is 0 Å². The molecule has 1 aromatic heterocycles. The molecule has 0 atom stereocenters. The van der Waals surface area contributed by atoms with Crippen LogP contribution in [0.25, 0.3) is 10.9 Å². The Bertz CT molecular complexity index is 521. The molecule has 0 fully saturated rings. The maximum absolute atomic E-state index is 5.51. The van der Waals surface area contributed by atoms with Crippen LogP contribution in [0.3, 0.4) is 0 Å². The molecule has 2 aromatic rings. The summed E-state index contributed by atoms with van der Waals surface area (Å²) in [7, 11) is 0. The molecule has 0 aliphatic carbocycles. The second-order valence-electron chi connectivity index (χ2n) is 5.97.